The minimum absolute atomic E-state index is 0.0993. The first kappa shape index (κ1) is 12.6. The van der Waals surface area contributed by atoms with Gasteiger partial charge in [-0.2, -0.15) is 0 Å². The van der Waals surface area contributed by atoms with E-state index in [1.165, 1.54) is 0 Å². The summed E-state index contributed by atoms with van der Waals surface area (Å²) < 4.78 is 2.00. The monoisotopic (exact) mass is 298 g/mol. The smallest absolute Gasteiger partial charge is 0.244 e. The van der Waals surface area contributed by atoms with E-state index in [0.29, 0.717) is 0 Å². The molecule has 1 saturated carbocycles. The van der Waals surface area contributed by atoms with Crippen molar-refractivity contribution >= 4 is 27.9 Å². The van der Waals surface area contributed by atoms with Gasteiger partial charge in [-0.05, 0) is 25.0 Å². The van der Waals surface area contributed by atoms with Crippen LogP contribution in [0.15, 0.2) is 42.0 Å². The minimum Gasteiger partial charge on any atom is -0.324 e. The molecule has 0 bridgehead atoms. The van der Waals surface area contributed by atoms with E-state index in [0.717, 1.165) is 34.7 Å². The molecule has 0 spiro atoms. The standard InChI is InChI=1S/C15H14N4OS/c16-15(5-6-15)13(20)17-11-3-1-10(2-4-11)12-9-19-7-8-21-14(19)18-12/h1-4,7-9H,5-6,16H2,(H,17,20). The molecule has 1 aliphatic carbocycles. The zero-order valence-corrected chi connectivity index (χ0v) is 12.1. The molecule has 0 atom stereocenters. The Morgan fingerprint density at radius 1 is 1.33 bits per heavy atom. The summed E-state index contributed by atoms with van der Waals surface area (Å²) in [6.07, 6.45) is 5.52. The van der Waals surface area contributed by atoms with Crippen LogP contribution in [0.1, 0.15) is 12.8 Å². The van der Waals surface area contributed by atoms with Crippen LogP contribution in [0.25, 0.3) is 16.2 Å². The summed E-state index contributed by atoms with van der Waals surface area (Å²) in [5, 5.41) is 4.86. The van der Waals surface area contributed by atoms with Gasteiger partial charge in [0.2, 0.25) is 5.91 Å². The molecule has 0 saturated heterocycles. The molecule has 4 rings (SSSR count). The van der Waals surface area contributed by atoms with Crippen molar-refractivity contribution in [1.82, 2.24) is 9.38 Å². The fraction of sp³-hybridized carbons (Fsp3) is 0.200. The molecular formula is C15H14N4OS. The number of benzene rings is 1. The van der Waals surface area contributed by atoms with Crippen LogP contribution in [-0.2, 0) is 4.79 Å². The van der Waals surface area contributed by atoms with Gasteiger partial charge in [-0.3, -0.25) is 9.20 Å². The van der Waals surface area contributed by atoms with Gasteiger partial charge in [0.15, 0.2) is 4.96 Å². The second kappa shape index (κ2) is 4.41. The number of carbonyl (C=O) groups excluding carboxylic acids is 1. The van der Waals surface area contributed by atoms with Crippen LogP contribution in [0.4, 0.5) is 5.69 Å². The third-order valence-electron chi connectivity index (χ3n) is 3.77. The lowest BCUT2D eigenvalue weighted by molar-refractivity contribution is -0.118. The maximum atomic E-state index is 11.9. The van der Waals surface area contributed by atoms with E-state index >= 15 is 0 Å². The van der Waals surface area contributed by atoms with Crippen molar-refractivity contribution in [1.29, 1.82) is 0 Å². The molecule has 2 heterocycles. The molecule has 6 heteroatoms. The van der Waals surface area contributed by atoms with E-state index in [1.807, 2.05) is 46.4 Å². The zero-order valence-electron chi connectivity index (χ0n) is 11.2. The summed E-state index contributed by atoms with van der Waals surface area (Å²) in [5.41, 5.74) is 7.94. The van der Waals surface area contributed by atoms with Gasteiger partial charge < -0.3 is 11.1 Å². The van der Waals surface area contributed by atoms with Crippen molar-refractivity contribution in [3.05, 3.63) is 42.0 Å². The molecule has 3 aromatic rings. The lowest BCUT2D eigenvalue weighted by Gasteiger charge is -2.10. The average Bonchev–Trinajstić information content (AvgIpc) is 2.92. The number of thiazole rings is 1. The quantitative estimate of drug-likeness (QED) is 0.780. The summed E-state index contributed by atoms with van der Waals surface area (Å²) in [6.45, 7) is 0. The minimum atomic E-state index is -0.646. The number of fused-ring (bicyclic) bond motifs is 1. The molecule has 106 valence electrons. The lowest BCUT2D eigenvalue weighted by Crippen LogP contribution is -2.37. The van der Waals surface area contributed by atoms with Crippen LogP contribution >= 0.6 is 11.3 Å². The average molecular weight is 298 g/mol. The van der Waals surface area contributed by atoms with Crippen molar-refractivity contribution in [3.63, 3.8) is 0 Å². The first-order valence-corrected chi connectivity index (χ1v) is 7.65. The summed E-state index contributed by atoms with van der Waals surface area (Å²) in [6, 6.07) is 7.68. The highest BCUT2D eigenvalue weighted by atomic mass is 32.1. The third kappa shape index (κ3) is 2.22. The van der Waals surface area contributed by atoms with Crippen LogP contribution in [-0.4, -0.2) is 20.8 Å². The highest BCUT2D eigenvalue weighted by Crippen LogP contribution is 2.33. The Morgan fingerprint density at radius 2 is 2.10 bits per heavy atom. The van der Waals surface area contributed by atoms with Gasteiger partial charge in [0.05, 0.1) is 11.2 Å². The van der Waals surface area contributed by atoms with E-state index in [9.17, 15) is 4.79 Å². The van der Waals surface area contributed by atoms with E-state index in [4.69, 9.17) is 5.73 Å². The molecule has 5 nitrogen and oxygen atoms in total. The van der Waals surface area contributed by atoms with Crippen molar-refractivity contribution in [3.8, 4) is 11.3 Å². The van der Waals surface area contributed by atoms with Crippen LogP contribution in [0.3, 0.4) is 0 Å². The Morgan fingerprint density at radius 3 is 2.76 bits per heavy atom. The van der Waals surface area contributed by atoms with Crippen molar-refractivity contribution < 1.29 is 4.79 Å². The van der Waals surface area contributed by atoms with Gasteiger partial charge in [-0.15, -0.1) is 11.3 Å². The number of nitrogens with zero attached hydrogens (tertiary/aromatic N) is 2. The van der Waals surface area contributed by atoms with Gasteiger partial charge >= 0.3 is 0 Å². The molecule has 0 radical (unpaired) electrons. The van der Waals surface area contributed by atoms with Crippen LogP contribution in [0.2, 0.25) is 0 Å². The van der Waals surface area contributed by atoms with Gasteiger partial charge in [0.1, 0.15) is 0 Å². The van der Waals surface area contributed by atoms with Crippen molar-refractivity contribution in [2.24, 2.45) is 5.73 Å². The second-order valence-corrected chi connectivity index (χ2v) is 6.28. The number of nitrogens with one attached hydrogen (secondary N) is 1. The molecule has 1 amide bonds. The molecule has 1 aromatic carbocycles. The Bertz CT molecular complexity index is 785. The van der Waals surface area contributed by atoms with E-state index in [1.54, 1.807) is 11.3 Å². The van der Waals surface area contributed by atoms with Crippen LogP contribution < -0.4 is 11.1 Å². The lowest BCUT2D eigenvalue weighted by atomic mass is 10.1. The number of carbonyl (C=O) groups is 1. The zero-order chi connectivity index (χ0) is 14.4. The molecule has 3 N–H and O–H groups in total. The molecule has 21 heavy (non-hydrogen) atoms. The molecule has 0 aliphatic heterocycles. The maximum Gasteiger partial charge on any atom is 0.244 e. The Hall–Kier alpha value is -2.18. The third-order valence-corrected chi connectivity index (χ3v) is 4.54. The maximum absolute atomic E-state index is 11.9. The van der Waals surface area contributed by atoms with Crippen LogP contribution in [0, 0.1) is 0 Å². The van der Waals surface area contributed by atoms with Gasteiger partial charge in [0, 0.05) is 29.0 Å². The number of imidazole rings is 1. The summed E-state index contributed by atoms with van der Waals surface area (Å²) in [7, 11) is 0. The van der Waals surface area contributed by atoms with Gasteiger partial charge in [0.25, 0.3) is 0 Å². The predicted octanol–water partition coefficient (Wildman–Crippen LogP) is 2.49. The van der Waals surface area contributed by atoms with Gasteiger partial charge in [-0.1, -0.05) is 12.1 Å². The van der Waals surface area contributed by atoms with Crippen molar-refractivity contribution in [2.75, 3.05) is 5.32 Å². The molecule has 0 unspecified atom stereocenters. The Labute approximate surface area is 125 Å². The second-order valence-electron chi connectivity index (χ2n) is 5.41. The number of aromatic nitrogens is 2. The topological polar surface area (TPSA) is 72.4 Å². The Kier molecular flexibility index (Phi) is 2.63. The number of hydrogen-bond acceptors (Lipinski definition) is 4. The first-order valence-electron chi connectivity index (χ1n) is 6.77. The number of nitrogens with two attached hydrogens (primary N) is 1. The molecule has 1 aliphatic rings. The number of anilines is 1. The normalized spacial score (nSPS) is 16.0. The number of hydrogen-bond donors (Lipinski definition) is 2. The summed E-state index contributed by atoms with van der Waals surface area (Å²) in [5.74, 6) is -0.0993. The fourth-order valence-corrected chi connectivity index (χ4v) is 2.91. The number of rotatable bonds is 3. The molecule has 2 aromatic heterocycles. The highest BCUT2D eigenvalue weighted by molar-refractivity contribution is 7.15. The number of amides is 1. The molecule has 1 fully saturated rings. The highest BCUT2D eigenvalue weighted by Gasteiger charge is 2.45. The largest absolute Gasteiger partial charge is 0.324 e. The SMILES string of the molecule is NC1(C(=O)Nc2ccc(-c3cn4ccsc4n3)cc2)CC1. The van der Waals surface area contributed by atoms with E-state index in [-0.39, 0.29) is 5.91 Å². The first-order chi connectivity index (χ1) is 10.1. The van der Waals surface area contributed by atoms with Gasteiger partial charge in [-0.25, -0.2) is 4.98 Å². The summed E-state index contributed by atoms with van der Waals surface area (Å²) >= 11 is 1.61. The molecular weight excluding hydrogens is 284 g/mol. The van der Waals surface area contributed by atoms with E-state index in [2.05, 4.69) is 10.3 Å². The predicted molar refractivity (Wildman–Crippen MR) is 83.3 cm³/mol. The van der Waals surface area contributed by atoms with Crippen LogP contribution in [0.5, 0.6) is 0 Å². The van der Waals surface area contributed by atoms with E-state index < -0.39 is 5.54 Å². The fourth-order valence-electron chi connectivity index (χ4n) is 2.21. The Balaban J connectivity index is 1.55. The summed E-state index contributed by atoms with van der Waals surface area (Å²) in [4.78, 5) is 17.4. The van der Waals surface area contributed by atoms with Crippen molar-refractivity contribution in [2.45, 2.75) is 18.4 Å².